The Labute approximate surface area is 221 Å². The fourth-order valence-electron chi connectivity index (χ4n) is 3.36. The van der Waals surface area contributed by atoms with E-state index in [2.05, 4.69) is 67.3 Å². The second-order valence-electron chi connectivity index (χ2n) is 7.85. The first kappa shape index (κ1) is 23.8. The molecular weight excluding hydrogens is 464 g/mol. The Balaban J connectivity index is 1.71. The van der Waals surface area contributed by atoms with Crippen LogP contribution in [0.2, 0.25) is 0 Å². The van der Waals surface area contributed by atoms with Gasteiger partial charge in [0.15, 0.2) is 0 Å². The van der Waals surface area contributed by atoms with E-state index in [1.54, 1.807) is 49.6 Å². The average molecular weight is 483 g/mol. The maximum absolute atomic E-state index is 4.08. The molecule has 0 spiro atoms. The van der Waals surface area contributed by atoms with Crippen LogP contribution in [0.25, 0.3) is 0 Å². The largest absolute Gasteiger partial charge is 0.265 e. The van der Waals surface area contributed by atoms with Crippen LogP contribution in [0.3, 0.4) is 0 Å². The molecule has 5 rings (SSSR count). The Hall–Kier alpha value is -5.94. The molecule has 38 heavy (non-hydrogen) atoms. The molecule has 174 valence electrons. The summed E-state index contributed by atoms with van der Waals surface area (Å²) in [6.07, 6.45) is 13.7. The molecule has 0 radical (unpaired) electrons. The summed E-state index contributed by atoms with van der Waals surface area (Å²) in [7, 11) is 0. The van der Waals surface area contributed by atoms with Gasteiger partial charge in [-0.25, -0.2) is 0 Å². The van der Waals surface area contributed by atoms with Gasteiger partial charge in [-0.2, -0.15) is 0 Å². The maximum atomic E-state index is 4.08. The Morgan fingerprint density at radius 2 is 0.553 bits per heavy atom. The van der Waals surface area contributed by atoms with Crippen molar-refractivity contribution in [3.63, 3.8) is 0 Å². The lowest BCUT2D eigenvalue weighted by Gasteiger charge is -2.05. The summed E-state index contributed by atoms with van der Waals surface area (Å²) in [5.41, 5.74) is 6.35. The Morgan fingerprint density at radius 1 is 0.289 bits per heavy atom. The van der Waals surface area contributed by atoms with E-state index in [4.69, 9.17) is 0 Å². The van der Waals surface area contributed by atoms with Gasteiger partial charge in [-0.05, 0) is 60.7 Å². The molecule has 0 aliphatic rings. The molecule has 5 aromatic rings. The third-order valence-electron chi connectivity index (χ3n) is 5.27. The van der Waals surface area contributed by atoms with E-state index in [1.165, 1.54) is 0 Å². The molecule has 0 atom stereocenters. The smallest absolute Gasteiger partial charge is 0.0575 e. The van der Waals surface area contributed by atoms with Gasteiger partial charge in [0.2, 0.25) is 0 Å². The van der Waals surface area contributed by atoms with E-state index in [-0.39, 0.29) is 0 Å². The summed E-state index contributed by atoms with van der Waals surface area (Å²) in [6, 6.07) is 18.8. The zero-order valence-electron chi connectivity index (χ0n) is 20.2. The number of aromatic nitrogens is 4. The normalized spacial score (nSPS) is 9.26. The van der Waals surface area contributed by atoms with Crippen molar-refractivity contribution in [2.45, 2.75) is 0 Å². The first-order chi connectivity index (χ1) is 18.8. The van der Waals surface area contributed by atoms with E-state index in [0.29, 0.717) is 11.1 Å². The number of pyridine rings is 4. The van der Waals surface area contributed by atoms with Gasteiger partial charge < -0.3 is 0 Å². The number of rotatable bonds is 0. The van der Waals surface area contributed by atoms with Crippen molar-refractivity contribution >= 4 is 0 Å². The third kappa shape index (κ3) is 6.38. The van der Waals surface area contributed by atoms with Crippen LogP contribution in [0.5, 0.6) is 0 Å². The van der Waals surface area contributed by atoms with Crippen LogP contribution in [0, 0.1) is 47.4 Å². The van der Waals surface area contributed by atoms with Gasteiger partial charge in [0.1, 0.15) is 0 Å². The predicted molar refractivity (Wildman–Crippen MR) is 147 cm³/mol. The highest BCUT2D eigenvalue weighted by molar-refractivity contribution is 5.67. The molecule has 0 aliphatic heterocycles. The minimum Gasteiger partial charge on any atom is -0.265 e. The summed E-state index contributed by atoms with van der Waals surface area (Å²) in [5.74, 6) is 26.1. The molecule has 1 aromatic carbocycles. The topological polar surface area (TPSA) is 51.6 Å². The lowest BCUT2D eigenvalue weighted by atomic mass is 9.95. The van der Waals surface area contributed by atoms with Gasteiger partial charge in [0.25, 0.3) is 0 Å². The number of benzene rings is 1. The standard InChI is InChI=1S/C34H18N4/c1(27-11-19-35-20-12-27)5-31-7-8-32(6-2-28-13-21-36-22-14-28)34(10-4-30-17-25-38-26-18-30)33(31)9-3-29-15-23-37-24-16-29/h7-8,11-26H. The molecule has 0 aliphatic carbocycles. The van der Waals surface area contributed by atoms with Gasteiger partial charge in [-0.3, -0.25) is 19.9 Å². The molecule has 0 saturated heterocycles. The molecular formula is C34H18N4. The molecule has 4 heterocycles. The molecule has 4 heteroatoms. The summed E-state index contributed by atoms with van der Waals surface area (Å²) in [4.78, 5) is 16.3. The van der Waals surface area contributed by atoms with Gasteiger partial charge in [0.05, 0.1) is 11.1 Å². The summed E-state index contributed by atoms with van der Waals surface area (Å²) < 4.78 is 0. The van der Waals surface area contributed by atoms with E-state index < -0.39 is 0 Å². The second-order valence-corrected chi connectivity index (χ2v) is 7.85. The van der Waals surface area contributed by atoms with E-state index in [1.807, 2.05) is 60.7 Å². The molecule has 4 nitrogen and oxygen atoms in total. The highest BCUT2D eigenvalue weighted by Crippen LogP contribution is 2.19. The molecule has 0 N–H and O–H groups in total. The minimum absolute atomic E-state index is 0.714. The van der Waals surface area contributed by atoms with E-state index in [0.717, 1.165) is 33.4 Å². The van der Waals surface area contributed by atoms with Gasteiger partial charge >= 0.3 is 0 Å². The first-order valence-electron chi connectivity index (χ1n) is 11.7. The quantitative estimate of drug-likeness (QED) is 0.296. The monoisotopic (exact) mass is 482 g/mol. The maximum Gasteiger partial charge on any atom is 0.0575 e. The molecule has 0 amide bonds. The fraction of sp³-hybridized carbons (Fsp3) is 0. The van der Waals surface area contributed by atoms with Crippen LogP contribution in [0.1, 0.15) is 44.5 Å². The van der Waals surface area contributed by atoms with Crippen molar-refractivity contribution in [1.82, 2.24) is 19.9 Å². The average Bonchev–Trinajstić information content (AvgIpc) is 2.99. The SMILES string of the molecule is C(#Cc1ccc(C#Cc2ccncc2)c(C#Cc2ccncc2)c1C#Cc1ccncc1)c1ccncc1. The van der Waals surface area contributed by atoms with Crippen LogP contribution in [0.15, 0.2) is 110 Å². The van der Waals surface area contributed by atoms with Crippen molar-refractivity contribution in [1.29, 1.82) is 0 Å². The zero-order chi connectivity index (χ0) is 25.8. The summed E-state index contributed by atoms with van der Waals surface area (Å²) >= 11 is 0. The Morgan fingerprint density at radius 3 is 0.842 bits per heavy atom. The molecule has 0 unspecified atom stereocenters. The molecule has 0 bridgehead atoms. The second kappa shape index (κ2) is 12.2. The van der Waals surface area contributed by atoms with Crippen molar-refractivity contribution in [3.8, 4) is 47.4 Å². The highest BCUT2D eigenvalue weighted by Gasteiger charge is 2.09. The van der Waals surface area contributed by atoms with Gasteiger partial charge in [-0.1, -0.05) is 47.4 Å². The van der Waals surface area contributed by atoms with Crippen LogP contribution < -0.4 is 0 Å². The molecule has 0 fully saturated rings. The van der Waals surface area contributed by atoms with Gasteiger partial charge in [-0.15, -0.1) is 0 Å². The molecule has 0 saturated carbocycles. The third-order valence-corrected chi connectivity index (χ3v) is 5.27. The van der Waals surface area contributed by atoms with Crippen molar-refractivity contribution < 1.29 is 0 Å². The van der Waals surface area contributed by atoms with E-state index >= 15 is 0 Å². The number of hydrogen-bond acceptors (Lipinski definition) is 4. The van der Waals surface area contributed by atoms with Crippen LogP contribution in [-0.2, 0) is 0 Å². The first-order valence-corrected chi connectivity index (χ1v) is 11.7. The Kier molecular flexibility index (Phi) is 7.61. The predicted octanol–water partition coefficient (Wildman–Crippen LogP) is 4.87. The minimum atomic E-state index is 0.714. The van der Waals surface area contributed by atoms with Crippen LogP contribution >= 0.6 is 0 Å². The van der Waals surface area contributed by atoms with Crippen molar-refractivity contribution in [2.75, 3.05) is 0 Å². The fourth-order valence-corrected chi connectivity index (χ4v) is 3.36. The molecule has 4 aromatic heterocycles. The highest BCUT2D eigenvalue weighted by atomic mass is 14.6. The lowest BCUT2D eigenvalue weighted by Crippen LogP contribution is -1.96. The Bertz CT molecular complexity index is 1660. The van der Waals surface area contributed by atoms with Crippen LogP contribution in [0.4, 0.5) is 0 Å². The van der Waals surface area contributed by atoms with Gasteiger partial charge in [0, 0.05) is 83.0 Å². The van der Waals surface area contributed by atoms with Crippen LogP contribution in [-0.4, -0.2) is 19.9 Å². The zero-order valence-corrected chi connectivity index (χ0v) is 20.2. The van der Waals surface area contributed by atoms with E-state index in [9.17, 15) is 0 Å². The summed E-state index contributed by atoms with van der Waals surface area (Å²) in [6.45, 7) is 0. The number of nitrogens with zero attached hydrogens (tertiary/aromatic N) is 4. The van der Waals surface area contributed by atoms with Crippen molar-refractivity contribution in [2.24, 2.45) is 0 Å². The lowest BCUT2D eigenvalue weighted by molar-refractivity contribution is 1.32. The number of hydrogen-bond donors (Lipinski definition) is 0. The summed E-state index contributed by atoms with van der Waals surface area (Å²) in [5, 5.41) is 0. The van der Waals surface area contributed by atoms with Crippen molar-refractivity contribution in [3.05, 3.63) is 155 Å².